The van der Waals surface area contributed by atoms with Crippen LogP contribution in [0.1, 0.15) is 54.1 Å². The maximum Gasteiger partial charge on any atom is 0.416 e. The molecule has 1 heterocycles. The average Bonchev–Trinajstić information content (AvgIpc) is 2.88. The third-order valence-corrected chi connectivity index (χ3v) is 7.56. The average molecular weight is 641 g/mol. The topological polar surface area (TPSA) is 102 Å². The number of fused-ring (bicyclic) bond motifs is 1. The summed E-state index contributed by atoms with van der Waals surface area (Å²) < 4.78 is 121. The summed E-state index contributed by atoms with van der Waals surface area (Å²) in [5.74, 6) is -0.416. The van der Waals surface area contributed by atoms with Gasteiger partial charge in [-0.05, 0) is 56.2 Å². The van der Waals surface area contributed by atoms with Crippen molar-refractivity contribution >= 4 is 27.7 Å². The van der Waals surface area contributed by atoms with Crippen molar-refractivity contribution < 1.29 is 58.6 Å². The number of halogens is 6. The van der Waals surface area contributed by atoms with Gasteiger partial charge in [0.05, 0.1) is 49.4 Å². The van der Waals surface area contributed by atoms with Crippen LogP contribution in [0.15, 0.2) is 30.3 Å². The van der Waals surface area contributed by atoms with Gasteiger partial charge in [-0.2, -0.15) is 26.3 Å². The normalized spacial score (nSPS) is 17.2. The molecule has 1 aliphatic heterocycles. The second-order valence-electron chi connectivity index (χ2n) is 9.97. The molecule has 2 amide bonds. The number of ether oxygens (including phenoxy) is 3. The monoisotopic (exact) mass is 640 g/mol. The molecule has 0 fully saturated rings. The largest absolute Gasteiger partial charge is 0.496 e. The van der Waals surface area contributed by atoms with E-state index in [1.807, 2.05) is 0 Å². The van der Waals surface area contributed by atoms with Crippen LogP contribution in [0.4, 0.5) is 41.6 Å². The Labute approximate surface area is 244 Å². The van der Waals surface area contributed by atoms with E-state index in [0.29, 0.717) is 12.1 Å². The number of amides is 2. The lowest BCUT2D eigenvalue weighted by Crippen LogP contribution is -2.47. The van der Waals surface area contributed by atoms with Crippen molar-refractivity contribution in [2.75, 3.05) is 32.0 Å². The molecule has 2 atom stereocenters. The molecule has 0 radical (unpaired) electrons. The zero-order chi connectivity index (χ0) is 32.5. The predicted octanol–water partition coefficient (Wildman–Crippen LogP) is 6.34. The first-order chi connectivity index (χ1) is 19.8. The lowest BCUT2D eigenvalue weighted by molar-refractivity contribution is -0.143. The number of sulfone groups is 1. The summed E-state index contributed by atoms with van der Waals surface area (Å²) in [6.45, 7) is 2.43. The number of rotatable bonds is 7. The molecule has 2 aromatic carbocycles. The minimum absolute atomic E-state index is 0.00145. The maximum absolute atomic E-state index is 13.5. The van der Waals surface area contributed by atoms with Gasteiger partial charge in [0.15, 0.2) is 9.84 Å². The summed E-state index contributed by atoms with van der Waals surface area (Å²) >= 11 is 0. The highest BCUT2D eigenvalue weighted by Gasteiger charge is 2.41. The SMILES string of the molecule is CCOC(=O)N1c2cc(CS(C)(=O)=O)c(OC)cc2[C@H](N(Cc2cc(C(F)(F)F)cc(C(F)(F)F)c2)C(=O)OC)C[C@@H]1C. The van der Waals surface area contributed by atoms with E-state index in [2.05, 4.69) is 0 Å². The van der Waals surface area contributed by atoms with Gasteiger partial charge in [-0.25, -0.2) is 18.0 Å². The fraction of sp³-hybridized carbons (Fsp3) is 0.481. The molecule has 9 nitrogen and oxygen atoms in total. The quantitative estimate of drug-likeness (QED) is 0.326. The van der Waals surface area contributed by atoms with Gasteiger partial charge < -0.3 is 14.2 Å². The second kappa shape index (κ2) is 12.5. The Morgan fingerprint density at radius 1 is 1.00 bits per heavy atom. The molecule has 0 saturated heterocycles. The van der Waals surface area contributed by atoms with E-state index in [9.17, 15) is 44.3 Å². The number of benzene rings is 2. The predicted molar refractivity (Wildman–Crippen MR) is 142 cm³/mol. The van der Waals surface area contributed by atoms with Crippen LogP contribution in [0, 0.1) is 0 Å². The molecule has 238 valence electrons. The number of anilines is 1. The number of carbonyl (C=O) groups is 2. The molecule has 0 bridgehead atoms. The van der Waals surface area contributed by atoms with E-state index in [-0.39, 0.29) is 41.7 Å². The molecule has 0 aromatic heterocycles. The molecule has 2 aromatic rings. The highest BCUT2D eigenvalue weighted by atomic mass is 32.2. The molecular formula is C27H30F6N2O7S. The van der Waals surface area contributed by atoms with Crippen molar-refractivity contribution in [3.8, 4) is 5.75 Å². The smallest absolute Gasteiger partial charge is 0.416 e. The molecule has 3 rings (SSSR count). The van der Waals surface area contributed by atoms with Crippen LogP contribution in [-0.2, 0) is 44.0 Å². The van der Waals surface area contributed by atoms with E-state index >= 15 is 0 Å². The van der Waals surface area contributed by atoms with Gasteiger partial charge in [0.2, 0.25) is 0 Å². The Hall–Kier alpha value is -3.69. The van der Waals surface area contributed by atoms with Crippen molar-refractivity contribution in [1.29, 1.82) is 0 Å². The van der Waals surface area contributed by atoms with Crippen molar-refractivity contribution in [2.24, 2.45) is 0 Å². The van der Waals surface area contributed by atoms with Crippen molar-refractivity contribution in [2.45, 2.75) is 57.0 Å². The van der Waals surface area contributed by atoms with Gasteiger partial charge in [0, 0.05) is 30.0 Å². The molecule has 0 spiro atoms. The van der Waals surface area contributed by atoms with E-state index in [0.717, 1.165) is 18.3 Å². The summed E-state index contributed by atoms with van der Waals surface area (Å²) in [4.78, 5) is 28.2. The molecule has 0 saturated carbocycles. The van der Waals surface area contributed by atoms with Crippen LogP contribution in [-0.4, -0.2) is 58.6 Å². The van der Waals surface area contributed by atoms with Crippen LogP contribution >= 0.6 is 0 Å². The molecule has 0 aliphatic carbocycles. The van der Waals surface area contributed by atoms with Crippen molar-refractivity contribution in [3.63, 3.8) is 0 Å². The standard InChI is InChI=1S/C27H30F6N2O7S/c1-6-42-25(37)35-15(2)7-21(20-12-23(40-3)17(10-22(20)35)14-43(5,38)39)34(24(36)41-4)13-16-8-18(26(28,29)30)11-19(9-16)27(31,32)33/h8-12,15,21H,6-7,13-14H2,1-5H3/t15-,21+/m0/s1. The Morgan fingerprint density at radius 2 is 1.58 bits per heavy atom. The van der Waals surface area contributed by atoms with E-state index in [4.69, 9.17) is 14.2 Å². The first kappa shape index (κ1) is 33.8. The summed E-state index contributed by atoms with van der Waals surface area (Å²) in [6.07, 6.45) is -11.1. The summed E-state index contributed by atoms with van der Waals surface area (Å²) in [5, 5.41) is 0. The highest BCUT2D eigenvalue weighted by Crippen LogP contribution is 2.45. The third-order valence-electron chi connectivity index (χ3n) is 6.72. The van der Waals surface area contributed by atoms with Crippen LogP contribution in [0.2, 0.25) is 0 Å². The van der Waals surface area contributed by atoms with Crippen LogP contribution < -0.4 is 9.64 Å². The number of methoxy groups -OCH3 is 2. The van der Waals surface area contributed by atoms with E-state index in [1.54, 1.807) is 13.8 Å². The zero-order valence-electron chi connectivity index (χ0n) is 23.8. The number of hydrogen-bond acceptors (Lipinski definition) is 7. The molecule has 0 N–H and O–H groups in total. The summed E-state index contributed by atoms with van der Waals surface area (Å²) in [7, 11) is -1.34. The molecule has 1 aliphatic rings. The minimum Gasteiger partial charge on any atom is -0.496 e. The maximum atomic E-state index is 13.5. The van der Waals surface area contributed by atoms with Crippen LogP contribution in [0.3, 0.4) is 0 Å². The Kier molecular flexibility index (Phi) is 9.83. The fourth-order valence-corrected chi connectivity index (χ4v) is 5.76. The molecule has 16 heteroatoms. The first-order valence-corrected chi connectivity index (χ1v) is 14.8. The van der Waals surface area contributed by atoms with E-state index in [1.165, 1.54) is 24.1 Å². The third kappa shape index (κ3) is 7.83. The molecule has 0 unspecified atom stereocenters. The van der Waals surface area contributed by atoms with Crippen LogP contribution in [0.5, 0.6) is 5.75 Å². The number of carbonyl (C=O) groups excluding carboxylic acids is 2. The lowest BCUT2D eigenvalue weighted by atomic mass is 9.89. The van der Waals surface area contributed by atoms with Crippen molar-refractivity contribution in [1.82, 2.24) is 4.90 Å². The van der Waals surface area contributed by atoms with Gasteiger partial charge in [0.25, 0.3) is 0 Å². The Morgan fingerprint density at radius 3 is 2.05 bits per heavy atom. The van der Waals surface area contributed by atoms with Gasteiger partial charge in [-0.15, -0.1) is 0 Å². The fourth-order valence-electron chi connectivity index (χ4n) is 4.97. The van der Waals surface area contributed by atoms with Crippen LogP contribution in [0.25, 0.3) is 0 Å². The van der Waals surface area contributed by atoms with E-state index < -0.39 is 75.4 Å². The zero-order valence-corrected chi connectivity index (χ0v) is 24.6. The molecule has 43 heavy (non-hydrogen) atoms. The number of hydrogen-bond donors (Lipinski definition) is 0. The first-order valence-electron chi connectivity index (χ1n) is 12.8. The minimum atomic E-state index is -5.11. The lowest BCUT2D eigenvalue weighted by Gasteiger charge is -2.43. The summed E-state index contributed by atoms with van der Waals surface area (Å²) in [5.41, 5.74) is -3.09. The Balaban J connectivity index is 2.25. The number of alkyl halides is 6. The van der Waals surface area contributed by atoms with Gasteiger partial charge in [-0.3, -0.25) is 9.80 Å². The van der Waals surface area contributed by atoms with Gasteiger partial charge >= 0.3 is 24.5 Å². The second-order valence-corrected chi connectivity index (χ2v) is 12.1. The van der Waals surface area contributed by atoms with Gasteiger partial charge in [-0.1, -0.05) is 0 Å². The van der Waals surface area contributed by atoms with Crippen molar-refractivity contribution in [3.05, 3.63) is 58.1 Å². The Bertz CT molecular complexity index is 1450. The van der Waals surface area contributed by atoms with Gasteiger partial charge in [0.1, 0.15) is 5.75 Å². The number of nitrogens with zero attached hydrogens (tertiary/aromatic N) is 2. The summed E-state index contributed by atoms with van der Waals surface area (Å²) in [6, 6.07) is 1.97. The molecular weight excluding hydrogens is 610 g/mol. The highest BCUT2D eigenvalue weighted by molar-refractivity contribution is 7.89.